The van der Waals surface area contributed by atoms with Crippen molar-refractivity contribution in [3.8, 4) is 5.75 Å². The molecule has 1 aliphatic carbocycles. The molecular formula is C17H24N2O. The second kappa shape index (κ2) is 5.49. The Labute approximate surface area is 120 Å². The van der Waals surface area contributed by atoms with E-state index in [4.69, 9.17) is 10.5 Å². The van der Waals surface area contributed by atoms with Gasteiger partial charge in [-0.25, -0.2) is 0 Å². The van der Waals surface area contributed by atoms with Gasteiger partial charge in [0.2, 0.25) is 0 Å². The summed E-state index contributed by atoms with van der Waals surface area (Å²) in [6.45, 7) is 4.80. The van der Waals surface area contributed by atoms with Gasteiger partial charge in [-0.1, -0.05) is 13.0 Å². The molecule has 1 aliphatic rings. The molecule has 0 atom stereocenters. The molecule has 108 valence electrons. The van der Waals surface area contributed by atoms with Gasteiger partial charge in [-0.2, -0.15) is 0 Å². The molecule has 0 bridgehead atoms. The largest absolute Gasteiger partial charge is 0.493 e. The first-order valence-corrected chi connectivity index (χ1v) is 7.69. The summed E-state index contributed by atoms with van der Waals surface area (Å²) in [4.78, 5) is 0. The van der Waals surface area contributed by atoms with Crippen LogP contribution >= 0.6 is 0 Å². The normalized spacial score (nSPS) is 16.5. The van der Waals surface area contributed by atoms with Gasteiger partial charge < -0.3 is 15.0 Å². The van der Waals surface area contributed by atoms with E-state index in [0.717, 1.165) is 38.3 Å². The van der Waals surface area contributed by atoms with Crippen LogP contribution in [0.3, 0.4) is 0 Å². The van der Waals surface area contributed by atoms with E-state index in [9.17, 15) is 0 Å². The average Bonchev–Trinajstić information content (AvgIpc) is 3.09. The molecule has 0 amide bonds. The molecule has 20 heavy (non-hydrogen) atoms. The highest BCUT2D eigenvalue weighted by Crippen LogP contribution is 2.50. The molecule has 2 N–H and O–H groups in total. The number of fused-ring (bicyclic) bond motifs is 1. The minimum Gasteiger partial charge on any atom is -0.493 e. The van der Waals surface area contributed by atoms with Crippen molar-refractivity contribution in [3.63, 3.8) is 0 Å². The fraction of sp³-hybridized carbons (Fsp3) is 0.529. The summed E-state index contributed by atoms with van der Waals surface area (Å²) in [5.74, 6) is 1.01. The van der Waals surface area contributed by atoms with Crippen molar-refractivity contribution in [2.75, 3.05) is 13.2 Å². The minimum absolute atomic E-state index is 0.459. The molecule has 0 spiro atoms. The zero-order valence-electron chi connectivity index (χ0n) is 12.3. The van der Waals surface area contributed by atoms with E-state index in [1.807, 2.05) is 0 Å². The summed E-state index contributed by atoms with van der Waals surface area (Å²) in [5, 5.41) is 1.23. The Hall–Kier alpha value is -1.48. The zero-order chi connectivity index (χ0) is 14.0. The van der Waals surface area contributed by atoms with Gasteiger partial charge in [0.05, 0.1) is 12.1 Å². The molecule has 0 unspecified atom stereocenters. The molecule has 1 saturated carbocycles. The van der Waals surface area contributed by atoms with E-state index in [1.165, 1.54) is 23.7 Å². The highest BCUT2D eigenvalue weighted by Gasteiger charge is 2.41. The van der Waals surface area contributed by atoms with Crippen LogP contribution in [-0.4, -0.2) is 17.7 Å². The number of ether oxygens (including phenoxy) is 1. The first-order chi connectivity index (χ1) is 9.78. The third-order valence-corrected chi connectivity index (χ3v) is 4.37. The van der Waals surface area contributed by atoms with Crippen LogP contribution in [0.4, 0.5) is 0 Å². The Balaban J connectivity index is 1.86. The summed E-state index contributed by atoms with van der Waals surface area (Å²) in [6.07, 6.45) is 7.00. The summed E-state index contributed by atoms with van der Waals surface area (Å²) in [5.41, 5.74) is 7.48. The first-order valence-electron chi connectivity index (χ1n) is 7.69. The summed E-state index contributed by atoms with van der Waals surface area (Å²) in [6, 6.07) is 8.52. The number of nitrogens with zero attached hydrogens (tertiary/aromatic N) is 1. The monoisotopic (exact) mass is 272 g/mol. The predicted octanol–water partition coefficient (Wildman–Crippen LogP) is 3.56. The standard InChI is InChI=1S/C17H24N2O/c1-2-12-20-16-5-3-4-15-14(16)6-11-19(15)13-17(7-8-17)9-10-18/h3-6,11H,2,7-10,12-13,18H2,1H3. The number of rotatable bonds is 7. The fourth-order valence-electron chi connectivity index (χ4n) is 3.00. The van der Waals surface area contributed by atoms with Crippen LogP contribution in [0.25, 0.3) is 10.9 Å². The van der Waals surface area contributed by atoms with E-state index in [-0.39, 0.29) is 0 Å². The summed E-state index contributed by atoms with van der Waals surface area (Å²) < 4.78 is 8.21. The average molecular weight is 272 g/mol. The Kier molecular flexibility index (Phi) is 3.70. The van der Waals surface area contributed by atoms with Crippen molar-refractivity contribution in [2.45, 2.75) is 39.2 Å². The lowest BCUT2D eigenvalue weighted by Gasteiger charge is -2.16. The number of hydrogen-bond acceptors (Lipinski definition) is 2. The number of nitrogens with two attached hydrogens (primary N) is 1. The SMILES string of the molecule is CCCOc1cccc2c1ccn2CC1(CCN)CC1. The zero-order valence-corrected chi connectivity index (χ0v) is 12.3. The molecular weight excluding hydrogens is 248 g/mol. The maximum atomic E-state index is 5.84. The maximum Gasteiger partial charge on any atom is 0.128 e. The molecule has 0 aliphatic heterocycles. The molecule has 1 heterocycles. The maximum absolute atomic E-state index is 5.84. The Morgan fingerprint density at radius 2 is 2.15 bits per heavy atom. The van der Waals surface area contributed by atoms with Crippen molar-refractivity contribution >= 4 is 10.9 Å². The van der Waals surface area contributed by atoms with Crippen molar-refractivity contribution in [1.29, 1.82) is 0 Å². The van der Waals surface area contributed by atoms with Crippen LogP contribution in [0.2, 0.25) is 0 Å². The Morgan fingerprint density at radius 1 is 1.30 bits per heavy atom. The van der Waals surface area contributed by atoms with Crippen molar-refractivity contribution in [3.05, 3.63) is 30.5 Å². The molecule has 1 aromatic heterocycles. The van der Waals surface area contributed by atoms with Gasteiger partial charge in [-0.05, 0) is 55.8 Å². The van der Waals surface area contributed by atoms with Gasteiger partial charge in [0.25, 0.3) is 0 Å². The minimum atomic E-state index is 0.459. The third-order valence-electron chi connectivity index (χ3n) is 4.37. The van der Waals surface area contributed by atoms with E-state index in [2.05, 4.69) is 42.0 Å². The number of benzene rings is 1. The number of hydrogen-bond donors (Lipinski definition) is 1. The van der Waals surface area contributed by atoms with Crippen LogP contribution < -0.4 is 10.5 Å². The predicted molar refractivity (Wildman–Crippen MR) is 83.1 cm³/mol. The molecule has 2 aromatic rings. The van der Waals surface area contributed by atoms with E-state index in [1.54, 1.807) is 0 Å². The Bertz CT molecular complexity index is 584. The second-order valence-electron chi connectivity index (χ2n) is 6.02. The third kappa shape index (κ3) is 2.55. The molecule has 3 heteroatoms. The Morgan fingerprint density at radius 3 is 2.85 bits per heavy atom. The van der Waals surface area contributed by atoms with Crippen LogP contribution in [0.5, 0.6) is 5.75 Å². The smallest absolute Gasteiger partial charge is 0.128 e. The number of aromatic nitrogens is 1. The second-order valence-corrected chi connectivity index (χ2v) is 6.02. The molecule has 0 saturated heterocycles. The lowest BCUT2D eigenvalue weighted by molar-refractivity contribution is 0.321. The fourth-order valence-corrected chi connectivity index (χ4v) is 3.00. The van der Waals surface area contributed by atoms with Crippen LogP contribution in [0.1, 0.15) is 32.6 Å². The lowest BCUT2D eigenvalue weighted by Crippen LogP contribution is -2.15. The highest BCUT2D eigenvalue weighted by molar-refractivity contribution is 5.86. The summed E-state index contributed by atoms with van der Waals surface area (Å²) >= 11 is 0. The first kappa shape index (κ1) is 13.5. The molecule has 1 aromatic carbocycles. The lowest BCUT2D eigenvalue weighted by atomic mass is 10.0. The van der Waals surface area contributed by atoms with E-state index >= 15 is 0 Å². The van der Waals surface area contributed by atoms with Gasteiger partial charge in [0, 0.05) is 18.1 Å². The quantitative estimate of drug-likeness (QED) is 0.837. The van der Waals surface area contributed by atoms with Crippen LogP contribution in [0.15, 0.2) is 30.5 Å². The van der Waals surface area contributed by atoms with E-state index < -0.39 is 0 Å². The van der Waals surface area contributed by atoms with Gasteiger partial charge in [0.1, 0.15) is 5.75 Å². The van der Waals surface area contributed by atoms with Crippen molar-refractivity contribution < 1.29 is 4.74 Å². The van der Waals surface area contributed by atoms with Gasteiger partial charge >= 0.3 is 0 Å². The van der Waals surface area contributed by atoms with Gasteiger partial charge in [-0.3, -0.25) is 0 Å². The molecule has 3 nitrogen and oxygen atoms in total. The highest BCUT2D eigenvalue weighted by atomic mass is 16.5. The van der Waals surface area contributed by atoms with Gasteiger partial charge in [-0.15, -0.1) is 0 Å². The topological polar surface area (TPSA) is 40.2 Å². The molecule has 0 radical (unpaired) electrons. The van der Waals surface area contributed by atoms with Crippen molar-refractivity contribution in [2.24, 2.45) is 11.1 Å². The summed E-state index contributed by atoms with van der Waals surface area (Å²) in [7, 11) is 0. The van der Waals surface area contributed by atoms with Gasteiger partial charge in [0.15, 0.2) is 0 Å². The van der Waals surface area contributed by atoms with Crippen LogP contribution in [-0.2, 0) is 6.54 Å². The van der Waals surface area contributed by atoms with E-state index in [0.29, 0.717) is 5.41 Å². The molecule has 1 fully saturated rings. The van der Waals surface area contributed by atoms with Crippen molar-refractivity contribution in [1.82, 2.24) is 4.57 Å². The molecule has 3 rings (SSSR count). The van der Waals surface area contributed by atoms with Crippen LogP contribution in [0, 0.1) is 5.41 Å².